The van der Waals surface area contributed by atoms with Crippen molar-refractivity contribution in [3.63, 3.8) is 0 Å². The number of halogens is 1. The number of aromatic nitrogens is 2. The highest BCUT2D eigenvalue weighted by atomic mass is 35.5. The van der Waals surface area contributed by atoms with Crippen LogP contribution in [0.5, 0.6) is 5.75 Å². The van der Waals surface area contributed by atoms with Gasteiger partial charge in [-0.05, 0) is 75.4 Å². The van der Waals surface area contributed by atoms with Crippen molar-refractivity contribution >= 4 is 57.8 Å². The normalized spacial score (nSPS) is 11.0. The zero-order valence-electron chi connectivity index (χ0n) is 21.9. The molecular weight excluding hydrogens is 520 g/mol. The van der Waals surface area contributed by atoms with Gasteiger partial charge in [0, 0.05) is 36.2 Å². The number of fused-ring (bicyclic) bond motifs is 1. The second-order valence-corrected chi connectivity index (χ2v) is 10.1. The third kappa shape index (κ3) is 6.86. The summed E-state index contributed by atoms with van der Waals surface area (Å²) in [7, 11) is 5.61. The maximum absolute atomic E-state index is 13.1. The Balaban J connectivity index is 1.58. The fourth-order valence-corrected chi connectivity index (χ4v) is 4.57. The summed E-state index contributed by atoms with van der Waals surface area (Å²) in [5, 5.41) is 3.82. The molecule has 198 valence electrons. The quantitative estimate of drug-likeness (QED) is 0.214. The Labute approximate surface area is 232 Å². The summed E-state index contributed by atoms with van der Waals surface area (Å²) in [6.45, 7) is 4.13. The number of nitrogens with one attached hydrogen (secondary N) is 2. The van der Waals surface area contributed by atoms with E-state index in [2.05, 4.69) is 14.9 Å². The van der Waals surface area contributed by atoms with E-state index in [1.54, 1.807) is 25.3 Å². The number of methoxy groups -OCH3 is 1. The van der Waals surface area contributed by atoms with Crippen molar-refractivity contribution in [1.82, 2.24) is 19.8 Å². The summed E-state index contributed by atoms with van der Waals surface area (Å²) < 4.78 is 8.66. The summed E-state index contributed by atoms with van der Waals surface area (Å²) in [6, 6.07) is 20.6. The van der Waals surface area contributed by atoms with E-state index in [0.29, 0.717) is 46.7 Å². The molecule has 0 saturated carbocycles. The summed E-state index contributed by atoms with van der Waals surface area (Å²) in [4.78, 5) is 27.5. The molecule has 0 aliphatic rings. The lowest BCUT2D eigenvalue weighted by Gasteiger charge is -2.23. The first kappa shape index (κ1) is 27.5. The topological polar surface area (TPSA) is 82.6 Å². The molecule has 10 heteroatoms. The van der Waals surface area contributed by atoms with Gasteiger partial charge in [0.2, 0.25) is 0 Å². The molecule has 0 spiro atoms. The molecule has 2 N–H and O–H groups in total. The molecule has 0 unspecified atom stereocenters. The number of ether oxygens (including phenoxy) is 1. The van der Waals surface area contributed by atoms with Crippen LogP contribution in [0, 0.1) is 0 Å². The molecule has 0 bridgehead atoms. The fourth-order valence-electron chi connectivity index (χ4n) is 3.72. The van der Waals surface area contributed by atoms with Crippen LogP contribution < -0.4 is 14.8 Å². The fraction of sp³-hybridized carbons (Fsp3) is 0.250. The molecule has 4 rings (SSSR count). The molecule has 1 heterocycles. The van der Waals surface area contributed by atoms with E-state index in [0.717, 1.165) is 22.5 Å². The van der Waals surface area contributed by atoms with Crippen molar-refractivity contribution in [3.8, 4) is 5.75 Å². The zero-order valence-corrected chi connectivity index (χ0v) is 23.4. The minimum Gasteiger partial charge on any atom is -0.497 e. The van der Waals surface area contributed by atoms with Crippen LogP contribution in [0.2, 0.25) is 5.02 Å². The van der Waals surface area contributed by atoms with Gasteiger partial charge in [0.25, 0.3) is 5.91 Å². The lowest BCUT2D eigenvalue weighted by atomic mass is 10.2. The SMILES string of the molecule is CCN(CCN(C)C)C(=O)c1cccc(SNc2nc3ccccc3nc2Nc2cc(OC)ccc2Cl)c1. The maximum Gasteiger partial charge on any atom is 0.253 e. The summed E-state index contributed by atoms with van der Waals surface area (Å²) in [6.07, 6.45) is 0. The van der Waals surface area contributed by atoms with Gasteiger partial charge in [-0.25, -0.2) is 9.97 Å². The molecule has 3 aromatic carbocycles. The molecule has 0 aliphatic carbocycles. The largest absolute Gasteiger partial charge is 0.497 e. The lowest BCUT2D eigenvalue weighted by Crippen LogP contribution is -2.36. The lowest BCUT2D eigenvalue weighted by molar-refractivity contribution is 0.0754. The molecule has 38 heavy (non-hydrogen) atoms. The van der Waals surface area contributed by atoms with Gasteiger partial charge in [0.1, 0.15) is 5.75 Å². The molecule has 0 aliphatic heterocycles. The molecular formula is C28H31ClN6O2S. The predicted molar refractivity (Wildman–Crippen MR) is 157 cm³/mol. The Kier molecular flexibility index (Phi) is 9.28. The van der Waals surface area contributed by atoms with Crippen LogP contribution in [0.25, 0.3) is 11.0 Å². The number of likely N-dealkylation sites (N-methyl/N-ethyl adjacent to an activating group) is 2. The first-order valence-corrected chi connectivity index (χ1v) is 13.4. The minimum absolute atomic E-state index is 0.0114. The van der Waals surface area contributed by atoms with E-state index in [9.17, 15) is 4.79 Å². The number of anilines is 3. The summed E-state index contributed by atoms with van der Waals surface area (Å²) in [5.74, 6) is 1.73. The Bertz CT molecular complexity index is 1420. The average molecular weight is 551 g/mol. The number of rotatable bonds is 11. The van der Waals surface area contributed by atoms with Crippen molar-refractivity contribution in [2.75, 3.05) is 50.9 Å². The Morgan fingerprint density at radius 3 is 2.39 bits per heavy atom. The summed E-state index contributed by atoms with van der Waals surface area (Å²) >= 11 is 7.80. The highest BCUT2D eigenvalue weighted by Gasteiger charge is 2.16. The number of para-hydroxylation sites is 2. The Hall–Kier alpha value is -3.53. The Morgan fingerprint density at radius 2 is 1.71 bits per heavy atom. The number of carbonyl (C=O) groups excluding carboxylic acids is 1. The first-order valence-electron chi connectivity index (χ1n) is 12.2. The molecule has 0 saturated heterocycles. The number of amides is 1. The van der Waals surface area contributed by atoms with Gasteiger partial charge in [-0.15, -0.1) is 0 Å². The molecule has 0 atom stereocenters. The van der Waals surface area contributed by atoms with Crippen LogP contribution in [-0.2, 0) is 0 Å². The smallest absolute Gasteiger partial charge is 0.253 e. The van der Waals surface area contributed by atoms with E-state index < -0.39 is 0 Å². The minimum atomic E-state index is 0.0114. The average Bonchev–Trinajstić information content (AvgIpc) is 2.93. The molecule has 0 radical (unpaired) electrons. The van der Waals surface area contributed by atoms with Gasteiger partial charge in [-0.2, -0.15) is 0 Å². The molecule has 1 aromatic heterocycles. The third-order valence-corrected chi connectivity index (χ3v) is 6.94. The highest BCUT2D eigenvalue weighted by molar-refractivity contribution is 8.00. The van der Waals surface area contributed by atoms with Gasteiger partial charge < -0.3 is 24.6 Å². The van der Waals surface area contributed by atoms with Crippen LogP contribution in [0.3, 0.4) is 0 Å². The molecule has 8 nitrogen and oxygen atoms in total. The van der Waals surface area contributed by atoms with E-state index in [4.69, 9.17) is 26.3 Å². The van der Waals surface area contributed by atoms with Crippen molar-refractivity contribution in [2.24, 2.45) is 0 Å². The van der Waals surface area contributed by atoms with Gasteiger partial charge >= 0.3 is 0 Å². The molecule has 0 fully saturated rings. The second kappa shape index (κ2) is 12.8. The number of benzene rings is 3. The van der Waals surface area contributed by atoms with E-state index in [1.165, 1.54) is 11.9 Å². The third-order valence-electron chi connectivity index (χ3n) is 5.83. The van der Waals surface area contributed by atoms with Crippen LogP contribution >= 0.6 is 23.5 Å². The van der Waals surface area contributed by atoms with Crippen molar-refractivity contribution in [3.05, 3.63) is 77.3 Å². The van der Waals surface area contributed by atoms with Gasteiger partial charge in [0.15, 0.2) is 11.6 Å². The van der Waals surface area contributed by atoms with Gasteiger partial charge in [0.05, 0.1) is 28.9 Å². The predicted octanol–water partition coefficient (Wildman–Crippen LogP) is 6.18. The second-order valence-electron chi connectivity index (χ2n) is 8.80. The van der Waals surface area contributed by atoms with Crippen LogP contribution in [0.1, 0.15) is 17.3 Å². The van der Waals surface area contributed by atoms with Crippen molar-refractivity contribution < 1.29 is 9.53 Å². The van der Waals surface area contributed by atoms with Gasteiger partial charge in [-0.3, -0.25) is 4.79 Å². The molecule has 1 amide bonds. The monoisotopic (exact) mass is 550 g/mol. The van der Waals surface area contributed by atoms with E-state index >= 15 is 0 Å². The molecule has 4 aromatic rings. The number of hydrogen-bond donors (Lipinski definition) is 2. The number of hydrogen-bond acceptors (Lipinski definition) is 8. The van der Waals surface area contributed by atoms with Crippen LogP contribution in [0.15, 0.2) is 71.6 Å². The Morgan fingerprint density at radius 1 is 0.974 bits per heavy atom. The maximum atomic E-state index is 13.1. The van der Waals surface area contributed by atoms with E-state index in [1.807, 2.05) is 74.4 Å². The van der Waals surface area contributed by atoms with Crippen LogP contribution in [0.4, 0.5) is 17.3 Å². The standard InChI is InChI=1S/C28H31ClN6O2S/c1-5-35(16-15-34(2)3)28(36)19-9-8-10-21(17-19)38-33-27-26(30-23-11-6-7-12-24(23)31-27)32-25-18-20(37-4)13-14-22(25)29/h6-14,17-18H,5,15-16H2,1-4H3,(H,30,32)(H,31,33). The van der Waals surface area contributed by atoms with Crippen LogP contribution in [-0.4, -0.2) is 66.5 Å². The number of nitrogens with zero attached hydrogens (tertiary/aromatic N) is 4. The highest BCUT2D eigenvalue weighted by Crippen LogP contribution is 2.33. The van der Waals surface area contributed by atoms with Crippen molar-refractivity contribution in [1.29, 1.82) is 0 Å². The summed E-state index contributed by atoms with van der Waals surface area (Å²) in [5.41, 5.74) is 2.79. The first-order chi connectivity index (χ1) is 18.4. The van der Waals surface area contributed by atoms with Gasteiger partial charge in [-0.1, -0.05) is 29.8 Å². The zero-order chi connectivity index (χ0) is 27.1. The van der Waals surface area contributed by atoms with Crippen molar-refractivity contribution in [2.45, 2.75) is 11.8 Å². The number of carbonyl (C=O) groups is 1. The van der Waals surface area contributed by atoms with E-state index in [-0.39, 0.29) is 5.91 Å².